The zero-order chi connectivity index (χ0) is 9.31. The van der Waals surface area contributed by atoms with E-state index in [1.54, 1.807) is 0 Å². The first-order valence-corrected chi connectivity index (χ1v) is 5.07. The van der Waals surface area contributed by atoms with Gasteiger partial charge in [-0.2, -0.15) is 5.10 Å². The molecule has 0 spiro atoms. The van der Waals surface area contributed by atoms with Crippen molar-refractivity contribution in [2.45, 2.75) is 44.7 Å². The molecule has 1 saturated carbocycles. The molecule has 1 aromatic rings. The fourth-order valence-corrected chi connectivity index (χ4v) is 2.27. The van der Waals surface area contributed by atoms with Crippen LogP contribution in [0.2, 0.25) is 0 Å². The van der Waals surface area contributed by atoms with E-state index < -0.39 is 0 Å². The molecular formula is C10H17N3. The van der Waals surface area contributed by atoms with Crippen LogP contribution in [0.3, 0.4) is 0 Å². The van der Waals surface area contributed by atoms with Crippen molar-refractivity contribution in [3.63, 3.8) is 0 Å². The van der Waals surface area contributed by atoms with E-state index in [0.29, 0.717) is 0 Å². The van der Waals surface area contributed by atoms with Gasteiger partial charge in [0, 0.05) is 12.7 Å². The first-order valence-electron chi connectivity index (χ1n) is 5.07. The van der Waals surface area contributed by atoms with E-state index in [4.69, 9.17) is 5.73 Å². The minimum absolute atomic E-state index is 0.0908. The summed E-state index contributed by atoms with van der Waals surface area (Å²) >= 11 is 0. The van der Waals surface area contributed by atoms with Crippen LogP contribution in [0.25, 0.3) is 0 Å². The fraction of sp³-hybridized carbons (Fsp3) is 0.700. The number of nitrogens with two attached hydrogens (primary N) is 1. The monoisotopic (exact) mass is 179 g/mol. The summed E-state index contributed by atoms with van der Waals surface area (Å²) in [5.74, 6) is 0. The predicted octanol–water partition coefficient (Wildman–Crippen LogP) is 1.63. The van der Waals surface area contributed by atoms with Crippen molar-refractivity contribution < 1.29 is 0 Å². The van der Waals surface area contributed by atoms with Crippen molar-refractivity contribution in [2.24, 2.45) is 5.73 Å². The molecule has 72 valence electrons. The van der Waals surface area contributed by atoms with Gasteiger partial charge in [0.2, 0.25) is 0 Å². The molecule has 0 aliphatic heterocycles. The standard InChI is InChI=1S/C10H17N3/c1-2-13-9(5-8-12-13)10(11)6-3-4-7-10/h5,8H,2-4,6-7,11H2,1H3. The Hall–Kier alpha value is -0.830. The van der Waals surface area contributed by atoms with Crippen molar-refractivity contribution in [1.82, 2.24) is 9.78 Å². The average Bonchev–Trinajstić information content (AvgIpc) is 2.72. The molecule has 0 radical (unpaired) electrons. The summed E-state index contributed by atoms with van der Waals surface area (Å²) in [4.78, 5) is 0. The van der Waals surface area contributed by atoms with E-state index in [-0.39, 0.29) is 5.54 Å². The third-order valence-corrected chi connectivity index (χ3v) is 3.02. The van der Waals surface area contributed by atoms with Gasteiger partial charge in [0.1, 0.15) is 0 Å². The van der Waals surface area contributed by atoms with Gasteiger partial charge >= 0.3 is 0 Å². The van der Waals surface area contributed by atoms with Gasteiger partial charge in [-0.3, -0.25) is 4.68 Å². The molecule has 2 rings (SSSR count). The van der Waals surface area contributed by atoms with Gasteiger partial charge in [-0.05, 0) is 25.8 Å². The van der Waals surface area contributed by atoms with Gasteiger partial charge < -0.3 is 5.73 Å². The predicted molar refractivity (Wildman–Crippen MR) is 52.2 cm³/mol. The van der Waals surface area contributed by atoms with Crippen LogP contribution in [0, 0.1) is 0 Å². The molecule has 0 aromatic carbocycles. The van der Waals surface area contributed by atoms with Crippen molar-refractivity contribution in [3.05, 3.63) is 18.0 Å². The zero-order valence-electron chi connectivity index (χ0n) is 8.16. The summed E-state index contributed by atoms with van der Waals surface area (Å²) in [5.41, 5.74) is 7.46. The number of hydrogen-bond donors (Lipinski definition) is 1. The topological polar surface area (TPSA) is 43.8 Å². The maximum absolute atomic E-state index is 6.34. The second kappa shape index (κ2) is 3.14. The Morgan fingerprint density at radius 2 is 2.23 bits per heavy atom. The molecule has 13 heavy (non-hydrogen) atoms. The molecule has 3 nitrogen and oxygen atoms in total. The van der Waals surface area contributed by atoms with E-state index in [2.05, 4.69) is 18.1 Å². The summed E-state index contributed by atoms with van der Waals surface area (Å²) in [6, 6.07) is 2.06. The highest BCUT2D eigenvalue weighted by atomic mass is 15.3. The Morgan fingerprint density at radius 3 is 2.85 bits per heavy atom. The Labute approximate surface area is 78.9 Å². The lowest BCUT2D eigenvalue weighted by molar-refractivity contribution is 0.412. The lowest BCUT2D eigenvalue weighted by Crippen LogP contribution is -2.35. The van der Waals surface area contributed by atoms with E-state index in [1.165, 1.54) is 18.5 Å². The van der Waals surface area contributed by atoms with E-state index in [0.717, 1.165) is 19.4 Å². The largest absolute Gasteiger partial charge is 0.320 e. The smallest absolute Gasteiger partial charge is 0.0582 e. The van der Waals surface area contributed by atoms with Crippen LogP contribution in [0.4, 0.5) is 0 Å². The lowest BCUT2D eigenvalue weighted by Gasteiger charge is -2.24. The molecule has 0 unspecified atom stereocenters. The fourth-order valence-electron chi connectivity index (χ4n) is 2.27. The third kappa shape index (κ3) is 1.37. The summed E-state index contributed by atoms with van der Waals surface area (Å²) < 4.78 is 2.02. The second-order valence-electron chi connectivity index (χ2n) is 3.90. The highest BCUT2D eigenvalue weighted by Crippen LogP contribution is 2.35. The molecule has 1 fully saturated rings. The first kappa shape index (κ1) is 8.75. The summed E-state index contributed by atoms with van der Waals surface area (Å²) in [6.45, 7) is 3.02. The van der Waals surface area contributed by atoms with Crippen LogP contribution in [-0.2, 0) is 12.1 Å². The van der Waals surface area contributed by atoms with Gasteiger partial charge in [-0.1, -0.05) is 12.8 Å². The lowest BCUT2D eigenvalue weighted by atomic mass is 9.95. The zero-order valence-corrected chi connectivity index (χ0v) is 8.16. The van der Waals surface area contributed by atoms with Crippen LogP contribution in [0.1, 0.15) is 38.3 Å². The van der Waals surface area contributed by atoms with Gasteiger partial charge in [-0.15, -0.1) is 0 Å². The van der Waals surface area contributed by atoms with Gasteiger partial charge in [0.25, 0.3) is 0 Å². The van der Waals surface area contributed by atoms with Crippen LogP contribution in [0.5, 0.6) is 0 Å². The van der Waals surface area contributed by atoms with Gasteiger partial charge in [0.05, 0.1) is 11.2 Å². The van der Waals surface area contributed by atoms with Crippen LogP contribution >= 0.6 is 0 Å². The molecule has 0 saturated heterocycles. The molecule has 3 heteroatoms. The Kier molecular flexibility index (Phi) is 2.12. The highest BCUT2D eigenvalue weighted by molar-refractivity contribution is 5.15. The minimum Gasteiger partial charge on any atom is -0.320 e. The van der Waals surface area contributed by atoms with Gasteiger partial charge in [0.15, 0.2) is 0 Å². The Bertz CT molecular complexity index is 284. The minimum atomic E-state index is -0.0908. The van der Waals surface area contributed by atoms with Gasteiger partial charge in [-0.25, -0.2) is 0 Å². The molecule has 1 aromatic heterocycles. The van der Waals surface area contributed by atoms with E-state index >= 15 is 0 Å². The number of hydrogen-bond acceptors (Lipinski definition) is 2. The SMILES string of the molecule is CCn1nccc1C1(N)CCCC1. The van der Waals surface area contributed by atoms with Crippen LogP contribution in [0.15, 0.2) is 12.3 Å². The van der Waals surface area contributed by atoms with Crippen molar-refractivity contribution in [2.75, 3.05) is 0 Å². The van der Waals surface area contributed by atoms with Crippen molar-refractivity contribution in [1.29, 1.82) is 0 Å². The maximum atomic E-state index is 6.34. The molecule has 1 aliphatic rings. The van der Waals surface area contributed by atoms with Crippen LogP contribution in [-0.4, -0.2) is 9.78 Å². The first-order chi connectivity index (χ1) is 6.26. The molecule has 0 bridgehead atoms. The summed E-state index contributed by atoms with van der Waals surface area (Å²) in [6.07, 6.45) is 6.58. The molecule has 1 aliphatic carbocycles. The molecule has 1 heterocycles. The number of aromatic nitrogens is 2. The van der Waals surface area contributed by atoms with E-state index in [9.17, 15) is 0 Å². The molecule has 0 amide bonds. The number of nitrogens with zero attached hydrogens (tertiary/aromatic N) is 2. The van der Waals surface area contributed by atoms with E-state index in [1.807, 2.05) is 10.9 Å². The molecule has 2 N–H and O–H groups in total. The maximum Gasteiger partial charge on any atom is 0.0582 e. The molecule has 0 atom stereocenters. The highest BCUT2D eigenvalue weighted by Gasteiger charge is 2.33. The third-order valence-electron chi connectivity index (χ3n) is 3.02. The van der Waals surface area contributed by atoms with Crippen LogP contribution < -0.4 is 5.73 Å². The summed E-state index contributed by atoms with van der Waals surface area (Å²) in [7, 11) is 0. The normalized spacial score (nSPS) is 20.8. The quantitative estimate of drug-likeness (QED) is 0.750. The van der Waals surface area contributed by atoms with Crippen molar-refractivity contribution in [3.8, 4) is 0 Å². The summed E-state index contributed by atoms with van der Waals surface area (Å²) in [5, 5.41) is 4.26. The average molecular weight is 179 g/mol. The Morgan fingerprint density at radius 1 is 1.54 bits per heavy atom. The second-order valence-corrected chi connectivity index (χ2v) is 3.90. The number of aryl methyl sites for hydroxylation is 1. The number of rotatable bonds is 2. The Balaban J connectivity index is 2.32. The molecular weight excluding hydrogens is 162 g/mol. The van der Waals surface area contributed by atoms with Crippen molar-refractivity contribution >= 4 is 0 Å².